The van der Waals surface area contributed by atoms with Crippen LogP contribution in [-0.4, -0.2) is 32.1 Å². The Morgan fingerprint density at radius 2 is 1.96 bits per heavy atom. The molecule has 4 rings (SSSR count). The molecule has 6 nitrogen and oxygen atoms in total. The summed E-state index contributed by atoms with van der Waals surface area (Å²) in [6.07, 6.45) is 1.56. The lowest BCUT2D eigenvalue weighted by Gasteiger charge is -2.06. The Labute approximate surface area is 155 Å². The van der Waals surface area contributed by atoms with Crippen LogP contribution in [0.5, 0.6) is 5.75 Å². The van der Waals surface area contributed by atoms with E-state index in [2.05, 4.69) is 45.4 Å². The van der Waals surface area contributed by atoms with Gasteiger partial charge in [0.25, 0.3) is 0 Å². The molecule has 0 bridgehead atoms. The Bertz CT molecular complexity index is 1060. The van der Waals surface area contributed by atoms with E-state index in [4.69, 9.17) is 4.74 Å². The van der Waals surface area contributed by atoms with E-state index in [-0.39, 0.29) is 0 Å². The van der Waals surface area contributed by atoms with Gasteiger partial charge in [0.1, 0.15) is 17.1 Å². The molecular formula is C19H17N5OS. The molecule has 0 aliphatic carbocycles. The van der Waals surface area contributed by atoms with E-state index in [1.807, 2.05) is 30.3 Å². The first-order chi connectivity index (χ1) is 12.8. The number of benzene rings is 2. The van der Waals surface area contributed by atoms with Crippen molar-refractivity contribution in [3.8, 4) is 11.4 Å². The van der Waals surface area contributed by atoms with E-state index in [1.165, 1.54) is 11.1 Å². The SMILES string of the molecule is COc1cccc(-n2nnc3c(SCc4ccccc4C)ncnc32)c1. The zero-order valence-corrected chi connectivity index (χ0v) is 15.3. The van der Waals surface area contributed by atoms with Crippen LogP contribution in [0.15, 0.2) is 59.9 Å². The van der Waals surface area contributed by atoms with Crippen molar-refractivity contribution in [3.63, 3.8) is 0 Å². The number of nitrogens with zero attached hydrogens (tertiary/aromatic N) is 5. The van der Waals surface area contributed by atoms with Crippen LogP contribution in [0.3, 0.4) is 0 Å². The summed E-state index contributed by atoms with van der Waals surface area (Å²) in [5.41, 5.74) is 4.78. The fraction of sp³-hybridized carbons (Fsp3) is 0.158. The first kappa shape index (κ1) is 16.5. The van der Waals surface area contributed by atoms with Gasteiger partial charge in [0.2, 0.25) is 0 Å². The number of aryl methyl sites for hydroxylation is 1. The highest BCUT2D eigenvalue weighted by molar-refractivity contribution is 7.98. The van der Waals surface area contributed by atoms with Gasteiger partial charge in [0.05, 0.1) is 12.8 Å². The maximum absolute atomic E-state index is 5.29. The topological polar surface area (TPSA) is 65.7 Å². The Balaban J connectivity index is 1.68. The normalized spacial score (nSPS) is 11.0. The van der Waals surface area contributed by atoms with E-state index in [1.54, 1.807) is 29.9 Å². The Morgan fingerprint density at radius 3 is 2.81 bits per heavy atom. The van der Waals surface area contributed by atoms with Crippen LogP contribution in [0.25, 0.3) is 16.9 Å². The zero-order valence-electron chi connectivity index (χ0n) is 14.5. The van der Waals surface area contributed by atoms with Crippen LogP contribution in [0, 0.1) is 6.92 Å². The van der Waals surface area contributed by atoms with E-state index < -0.39 is 0 Å². The molecule has 0 fully saturated rings. The number of methoxy groups -OCH3 is 1. The molecule has 0 unspecified atom stereocenters. The number of thioether (sulfide) groups is 1. The molecule has 7 heteroatoms. The van der Waals surface area contributed by atoms with Crippen LogP contribution in [0.1, 0.15) is 11.1 Å². The van der Waals surface area contributed by atoms with Gasteiger partial charge in [0.15, 0.2) is 11.2 Å². The maximum atomic E-state index is 5.29. The second kappa shape index (κ2) is 7.13. The molecule has 130 valence electrons. The van der Waals surface area contributed by atoms with Gasteiger partial charge in [-0.15, -0.1) is 5.10 Å². The summed E-state index contributed by atoms with van der Waals surface area (Å²) < 4.78 is 6.99. The van der Waals surface area contributed by atoms with Gasteiger partial charge in [-0.1, -0.05) is 47.3 Å². The third-order valence-corrected chi connectivity index (χ3v) is 5.16. The molecular weight excluding hydrogens is 346 g/mol. The summed E-state index contributed by atoms with van der Waals surface area (Å²) in [5.74, 6) is 1.58. The number of aromatic nitrogens is 5. The summed E-state index contributed by atoms with van der Waals surface area (Å²) in [4.78, 5) is 8.78. The van der Waals surface area contributed by atoms with Crippen molar-refractivity contribution < 1.29 is 4.74 Å². The second-order valence-corrected chi connectivity index (χ2v) is 6.73. The average Bonchev–Trinajstić information content (AvgIpc) is 3.12. The van der Waals surface area contributed by atoms with Gasteiger partial charge >= 0.3 is 0 Å². The molecule has 0 saturated heterocycles. The highest BCUT2D eigenvalue weighted by Gasteiger charge is 2.14. The average molecular weight is 363 g/mol. The summed E-state index contributed by atoms with van der Waals surface area (Å²) in [5, 5.41) is 9.41. The minimum absolute atomic E-state index is 0.681. The minimum Gasteiger partial charge on any atom is -0.497 e. The van der Waals surface area contributed by atoms with Crippen molar-refractivity contribution in [3.05, 3.63) is 66.0 Å². The molecule has 0 saturated carbocycles. The molecule has 0 aliphatic rings. The smallest absolute Gasteiger partial charge is 0.187 e. The molecule has 26 heavy (non-hydrogen) atoms. The van der Waals surface area contributed by atoms with Gasteiger partial charge in [-0.25, -0.2) is 9.97 Å². The molecule has 0 aliphatic heterocycles. The van der Waals surface area contributed by atoms with Crippen molar-refractivity contribution in [1.29, 1.82) is 0 Å². The lowest BCUT2D eigenvalue weighted by molar-refractivity contribution is 0.414. The van der Waals surface area contributed by atoms with Crippen LogP contribution in [0.4, 0.5) is 0 Å². The van der Waals surface area contributed by atoms with Gasteiger partial charge < -0.3 is 4.74 Å². The lowest BCUT2D eigenvalue weighted by Crippen LogP contribution is -1.98. The van der Waals surface area contributed by atoms with Crippen molar-refractivity contribution in [2.75, 3.05) is 7.11 Å². The quantitative estimate of drug-likeness (QED) is 0.397. The third kappa shape index (κ3) is 3.13. The highest BCUT2D eigenvalue weighted by Crippen LogP contribution is 2.28. The lowest BCUT2D eigenvalue weighted by atomic mass is 10.1. The van der Waals surface area contributed by atoms with Gasteiger partial charge in [-0.3, -0.25) is 0 Å². The molecule has 0 amide bonds. The summed E-state index contributed by atoms with van der Waals surface area (Å²) in [7, 11) is 1.64. The van der Waals surface area contributed by atoms with Crippen LogP contribution in [0.2, 0.25) is 0 Å². The van der Waals surface area contributed by atoms with Crippen LogP contribution >= 0.6 is 11.8 Å². The largest absolute Gasteiger partial charge is 0.497 e. The molecule has 2 heterocycles. The summed E-state index contributed by atoms with van der Waals surface area (Å²) in [6, 6.07) is 16.0. The van der Waals surface area contributed by atoms with Crippen molar-refractivity contribution in [2.24, 2.45) is 0 Å². The number of rotatable bonds is 5. The van der Waals surface area contributed by atoms with Gasteiger partial charge in [0, 0.05) is 11.8 Å². The maximum Gasteiger partial charge on any atom is 0.187 e. The molecule has 0 atom stereocenters. The van der Waals surface area contributed by atoms with E-state index in [0.717, 1.165) is 22.2 Å². The first-order valence-electron chi connectivity index (χ1n) is 8.14. The third-order valence-electron chi connectivity index (χ3n) is 4.13. The summed E-state index contributed by atoms with van der Waals surface area (Å²) >= 11 is 1.64. The molecule has 0 spiro atoms. The van der Waals surface area contributed by atoms with Crippen molar-refractivity contribution in [1.82, 2.24) is 25.0 Å². The monoisotopic (exact) mass is 363 g/mol. The predicted molar refractivity (Wildman–Crippen MR) is 102 cm³/mol. The second-order valence-electron chi connectivity index (χ2n) is 5.77. The fourth-order valence-corrected chi connectivity index (χ4v) is 3.67. The fourth-order valence-electron chi connectivity index (χ4n) is 2.67. The standard InChI is InChI=1S/C19H17N5OS/c1-13-6-3-4-7-14(13)11-26-19-17-18(20-12-21-19)24(23-22-17)15-8-5-9-16(10-15)25-2/h3-10,12H,11H2,1-2H3. The van der Waals surface area contributed by atoms with E-state index in [9.17, 15) is 0 Å². The Hall–Kier alpha value is -2.93. The first-order valence-corrected chi connectivity index (χ1v) is 9.13. The van der Waals surface area contributed by atoms with E-state index >= 15 is 0 Å². The molecule has 0 radical (unpaired) electrons. The van der Waals surface area contributed by atoms with Crippen molar-refractivity contribution in [2.45, 2.75) is 17.7 Å². The predicted octanol–water partition coefficient (Wildman–Crippen LogP) is 3.82. The molecule has 2 aromatic carbocycles. The number of fused-ring (bicyclic) bond motifs is 1. The van der Waals surface area contributed by atoms with Crippen LogP contribution < -0.4 is 4.74 Å². The molecule has 2 aromatic heterocycles. The summed E-state index contributed by atoms with van der Waals surface area (Å²) in [6.45, 7) is 2.12. The number of hydrogen-bond donors (Lipinski definition) is 0. The molecule has 0 N–H and O–H groups in total. The minimum atomic E-state index is 0.681. The number of ether oxygens (including phenoxy) is 1. The number of hydrogen-bond acceptors (Lipinski definition) is 6. The Kier molecular flexibility index (Phi) is 4.53. The van der Waals surface area contributed by atoms with Crippen LogP contribution in [-0.2, 0) is 5.75 Å². The highest BCUT2D eigenvalue weighted by atomic mass is 32.2. The van der Waals surface area contributed by atoms with Crippen molar-refractivity contribution >= 4 is 22.9 Å². The van der Waals surface area contributed by atoms with Gasteiger partial charge in [-0.2, -0.15) is 4.68 Å². The van der Waals surface area contributed by atoms with Gasteiger partial charge in [-0.05, 0) is 30.2 Å². The zero-order chi connectivity index (χ0) is 17.9. The molecule has 4 aromatic rings. The van der Waals surface area contributed by atoms with E-state index in [0.29, 0.717) is 11.2 Å². The Morgan fingerprint density at radius 1 is 1.08 bits per heavy atom.